The van der Waals surface area contributed by atoms with Crippen molar-refractivity contribution in [1.82, 2.24) is 0 Å². The topological polar surface area (TPSA) is 63.6 Å². The van der Waals surface area contributed by atoms with Crippen molar-refractivity contribution in [3.05, 3.63) is 59.4 Å². The highest BCUT2D eigenvalue weighted by Gasteiger charge is 2.09. The van der Waals surface area contributed by atoms with Gasteiger partial charge < -0.3 is 9.84 Å². The predicted octanol–water partition coefficient (Wildman–Crippen LogP) is 3.45. The number of Topliss-reactive ketones (excluding diaryl/α,β-unsaturated/α-hetero) is 1. The molecule has 0 aromatic heterocycles. The third-order valence-corrected chi connectivity index (χ3v) is 2.84. The Balaban J connectivity index is 2.14. The van der Waals surface area contributed by atoms with Gasteiger partial charge in [-0.3, -0.25) is 9.59 Å². The van der Waals surface area contributed by atoms with Gasteiger partial charge in [0.15, 0.2) is 17.3 Å². The van der Waals surface area contributed by atoms with E-state index in [1.165, 1.54) is 19.1 Å². The van der Waals surface area contributed by atoms with Gasteiger partial charge in [-0.15, -0.1) is 0 Å². The summed E-state index contributed by atoms with van der Waals surface area (Å²) in [5, 5.41) is 8.67. The van der Waals surface area contributed by atoms with Gasteiger partial charge in [-0.05, 0) is 42.8 Å². The molecule has 0 saturated carbocycles. The second kappa shape index (κ2) is 6.17. The lowest BCUT2D eigenvalue weighted by Crippen LogP contribution is -1.99. The maximum atomic E-state index is 13.8. The number of hydrogen-bond acceptors (Lipinski definition) is 3. The first-order valence-electron chi connectivity index (χ1n) is 6.25. The van der Waals surface area contributed by atoms with Gasteiger partial charge in [0.05, 0.1) is 6.42 Å². The molecule has 1 N–H and O–H groups in total. The van der Waals surface area contributed by atoms with E-state index in [0.29, 0.717) is 11.3 Å². The molecule has 0 unspecified atom stereocenters. The number of carboxylic acids is 1. The smallest absolute Gasteiger partial charge is 0.307 e. The van der Waals surface area contributed by atoms with E-state index >= 15 is 0 Å². The van der Waals surface area contributed by atoms with E-state index < -0.39 is 11.8 Å². The van der Waals surface area contributed by atoms with Crippen LogP contribution in [0.25, 0.3) is 0 Å². The van der Waals surface area contributed by atoms with E-state index in [9.17, 15) is 14.0 Å². The van der Waals surface area contributed by atoms with E-state index in [0.717, 1.165) is 6.07 Å². The number of rotatable bonds is 5. The van der Waals surface area contributed by atoms with E-state index in [4.69, 9.17) is 9.84 Å². The average Bonchev–Trinajstić information content (AvgIpc) is 2.42. The molecule has 21 heavy (non-hydrogen) atoms. The summed E-state index contributed by atoms with van der Waals surface area (Å²) in [5.41, 5.74) is 0.902. The fourth-order valence-electron chi connectivity index (χ4n) is 1.78. The van der Waals surface area contributed by atoms with Crippen LogP contribution < -0.4 is 4.74 Å². The van der Waals surface area contributed by atoms with Crippen LogP contribution >= 0.6 is 0 Å². The quantitative estimate of drug-likeness (QED) is 0.856. The lowest BCUT2D eigenvalue weighted by atomic mass is 10.1. The molecule has 2 aromatic carbocycles. The molecule has 108 valence electrons. The number of hydrogen-bond donors (Lipinski definition) is 1. The molecule has 0 spiro atoms. The van der Waals surface area contributed by atoms with Gasteiger partial charge in [-0.2, -0.15) is 0 Å². The number of ether oxygens (including phenoxy) is 1. The standard InChI is InChI=1S/C16H13FO4/c1-10(18)12-4-7-15(14(17)9-12)21-13-5-2-11(3-6-13)8-16(19)20/h2-7,9H,8H2,1H3,(H,19,20). The third kappa shape index (κ3) is 3.89. The van der Waals surface area contributed by atoms with Crippen molar-refractivity contribution >= 4 is 11.8 Å². The minimum absolute atomic E-state index is 0.00554. The van der Waals surface area contributed by atoms with Crippen LogP contribution in [0.15, 0.2) is 42.5 Å². The van der Waals surface area contributed by atoms with Gasteiger partial charge in [-0.25, -0.2) is 4.39 Å². The van der Waals surface area contributed by atoms with Crippen molar-refractivity contribution in [3.63, 3.8) is 0 Å². The Labute approximate surface area is 120 Å². The van der Waals surface area contributed by atoms with Crippen molar-refractivity contribution in [1.29, 1.82) is 0 Å². The number of ketones is 1. The van der Waals surface area contributed by atoms with E-state index in [1.54, 1.807) is 24.3 Å². The van der Waals surface area contributed by atoms with Gasteiger partial charge in [0.2, 0.25) is 0 Å². The number of benzene rings is 2. The molecule has 2 rings (SSSR count). The van der Waals surface area contributed by atoms with Crippen molar-refractivity contribution in [2.45, 2.75) is 13.3 Å². The molecule has 0 amide bonds. The first-order valence-corrected chi connectivity index (χ1v) is 6.25. The first kappa shape index (κ1) is 14.7. The minimum Gasteiger partial charge on any atom is -0.481 e. The lowest BCUT2D eigenvalue weighted by molar-refractivity contribution is -0.136. The highest BCUT2D eigenvalue weighted by atomic mass is 19.1. The second-order valence-electron chi connectivity index (χ2n) is 4.52. The molecule has 2 aromatic rings. The molecule has 4 nitrogen and oxygen atoms in total. The van der Waals surface area contributed by atoms with Crippen LogP contribution in [-0.4, -0.2) is 16.9 Å². The van der Waals surface area contributed by atoms with Gasteiger partial charge >= 0.3 is 5.97 Å². The summed E-state index contributed by atoms with van der Waals surface area (Å²) < 4.78 is 19.2. The summed E-state index contributed by atoms with van der Waals surface area (Å²) in [5.74, 6) is -1.38. The average molecular weight is 288 g/mol. The maximum Gasteiger partial charge on any atom is 0.307 e. The zero-order chi connectivity index (χ0) is 15.4. The minimum atomic E-state index is -0.922. The van der Waals surface area contributed by atoms with Crippen LogP contribution in [-0.2, 0) is 11.2 Å². The summed E-state index contributed by atoms with van der Waals surface area (Å²) in [7, 11) is 0. The van der Waals surface area contributed by atoms with Crippen LogP contribution in [0, 0.1) is 5.82 Å². The molecule has 0 atom stereocenters. The molecule has 0 aliphatic carbocycles. The van der Waals surface area contributed by atoms with Gasteiger partial charge in [0.25, 0.3) is 0 Å². The number of carbonyl (C=O) groups excluding carboxylic acids is 1. The molecular weight excluding hydrogens is 275 g/mol. The highest BCUT2D eigenvalue weighted by Crippen LogP contribution is 2.25. The predicted molar refractivity (Wildman–Crippen MR) is 74.3 cm³/mol. The lowest BCUT2D eigenvalue weighted by Gasteiger charge is -2.08. The normalized spacial score (nSPS) is 10.2. The monoisotopic (exact) mass is 288 g/mol. The fraction of sp³-hybridized carbons (Fsp3) is 0.125. The number of aliphatic carboxylic acids is 1. The van der Waals surface area contributed by atoms with E-state index in [1.807, 2.05) is 0 Å². The molecule has 0 radical (unpaired) electrons. The summed E-state index contributed by atoms with van der Waals surface area (Å²) in [6, 6.07) is 10.3. The number of carbonyl (C=O) groups is 2. The highest BCUT2D eigenvalue weighted by molar-refractivity contribution is 5.94. The zero-order valence-corrected chi connectivity index (χ0v) is 11.3. The number of carboxylic acid groups (broad SMARTS) is 1. The Morgan fingerprint density at radius 1 is 1.14 bits per heavy atom. The van der Waals surface area contributed by atoms with Gasteiger partial charge in [-0.1, -0.05) is 12.1 Å². The Bertz CT molecular complexity index is 677. The van der Waals surface area contributed by atoms with Crippen LogP contribution in [0.2, 0.25) is 0 Å². The Hall–Kier alpha value is -2.69. The second-order valence-corrected chi connectivity index (χ2v) is 4.52. The van der Waals surface area contributed by atoms with Crippen molar-refractivity contribution in [3.8, 4) is 11.5 Å². The summed E-state index contributed by atoms with van der Waals surface area (Å²) in [6.45, 7) is 1.36. The van der Waals surface area contributed by atoms with Crippen LogP contribution in [0.5, 0.6) is 11.5 Å². The van der Waals surface area contributed by atoms with E-state index in [-0.39, 0.29) is 23.5 Å². The Morgan fingerprint density at radius 2 is 1.81 bits per heavy atom. The Kier molecular flexibility index (Phi) is 4.33. The SMILES string of the molecule is CC(=O)c1ccc(Oc2ccc(CC(=O)O)cc2)c(F)c1. The van der Waals surface area contributed by atoms with Gasteiger partial charge in [0, 0.05) is 5.56 Å². The van der Waals surface area contributed by atoms with Gasteiger partial charge in [0.1, 0.15) is 5.75 Å². The third-order valence-electron chi connectivity index (χ3n) is 2.84. The fourth-order valence-corrected chi connectivity index (χ4v) is 1.78. The number of halogens is 1. The zero-order valence-electron chi connectivity index (χ0n) is 11.3. The largest absolute Gasteiger partial charge is 0.481 e. The molecule has 0 fully saturated rings. The summed E-state index contributed by atoms with van der Waals surface area (Å²) >= 11 is 0. The van der Waals surface area contributed by atoms with E-state index in [2.05, 4.69) is 0 Å². The maximum absolute atomic E-state index is 13.8. The van der Waals surface area contributed by atoms with Crippen molar-refractivity contribution in [2.24, 2.45) is 0 Å². The first-order chi connectivity index (χ1) is 9.95. The molecule has 5 heteroatoms. The van der Waals surface area contributed by atoms with Crippen LogP contribution in [0.4, 0.5) is 4.39 Å². The van der Waals surface area contributed by atoms with Crippen LogP contribution in [0.3, 0.4) is 0 Å². The van der Waals surface area contributed by atoms with Crippen molar-refractivity contribution in [2.75, 3.05) is 0 Å². The van der Waals surface area contributed by atoms with Crippen molar-refractivity contribution < 1.29 is 23.8 Å². The molecule has 0 saturated heterocycles. The molecular formula is C16H13FO4. The molecule has 0 aliphatic heterocycles. The summed E-state index contributed by atoms with van der Waals surface area (Å²) in [4.78, 5) is 21.7. The Morgan fingerprint density at radius 3 is 2.33 bits per heavy atom. The molecule has 0 bridgehead atoms. The van der Waals surface area contributed by atoms with Crippen LogP contribution in [0.1, 0.15) is 22.8 Å². The molecule has 0 aliphatic rings. The molecule has 0 heterocycles. The summed E-state index contributed by atoms with van der Waals surface area (Å²) in [6.07, 6.45) is -0.0814.